The summed E-state index contributed by atoms with van der Waals surface area (Å²) in [6.45, 7) is 4.89. The van der Waals surface area contributed by atoms with E-state index in [4.69, 9.17) is 8.85 Å². The van der Waals surface area contributed by atoms with E-state index in [-0.39, 0.29) is 12.0 Å². The molecule has 0 amide bonds. The van der Waals surface area contributed by atoms with Gasteiger partial charge < -0.3 is 8.85 Å². The number of unbranched alkanes of at least 4 members (excludes halogenated alkanes) is 1. The molecule has 21 heavy (non-hydrogen) atoms. The molecular weight excluding hydrogens is 304 g/mol. The fourth-order valence-electron chi connectivity index (χ4n) is 1.90. The summed E-state index contributed by atoms with van der Waals surface area (Å²) < 4.78 is 63.3. The highest BCUT2D eigenvalue weighted by atomic mass is 28.3. The Morgan fingerprint density at radius 1 is 0.905 bits per heavy atom. The maximum absolute atomic E-state index is 13.4. The number of benzene rings is 1. The van der Waals surface area contributed by atoms with E-state index >= 15 is 0 Å². The van der Waals surface area contributed by atoms with Crippen LogP contribution in [0.15, 0.2) is 6.07 Å². The van der Waals surface area contributed by atoms with Crippen molar-refractivity contribution in [1.82, 2.24) is 0 Å². The number of halogens is 4. The molecule has 0 aliphatic heterocycles. The molecule has 1 aromatic rings. The SMILES string of the molecule is CCO[Si](CCCCc1cc(F)c(F)c(F)c1F)OCC. The van der Waals surface area contributed by atoms with Crippen molar-refractivity contribution in [3.05, 3.63) is 34.9 Å². The summed E-state index contributed by atoms with van der Waals surface area (Å²) in [6.07, 6.45) is 1.36. The van der Waals surface area contributed by atoms with Gasteiger partial charge in [-0.3, -0.25) is 0 Å². The first-order valence-corrected chi connectivity index (χ1v) is 8.46. The molecule has 0 N–H and O–H groups in total. The van der Waals surface area contributed by atoms with Crippen LogP contribution >= 0.6 is 0 Å². The van der Waals surface area contributed by atoms with Crippen molar-refractivity contribution in [3.8, 4) is 0 Å². The second-order valence-corrected chi connectivity index (χ2v) is 6.23. The fraction of sp³-hybridized carbons (Fsp3) is 0.571. The second-order valence-electron chi connectivity index (χ2n) is 4.40. The summed E-state index contributed by atoms with van der Waals surface area (Å²) in [5.41, 5.74) is -0.145. The molecule has 0 bridgehead atoms. The third-order valence-corrected chi connectivity index (χ3v) is 4.85. The smallest absolute Gasteiger partial charge is 0.384 e. The number of rotatable bonds is 9. The van der Waals surface area contributed by atoms with Gasteiger partial charge in [0, 0.05) is 13.2 Å². The van der Waals surface area contributed by atoms with Crippen LogP contribution in [0.25, 0.3) is 0 Å². The first-order chi connectivity index (χ1) is 10.0. The molecule has 0 saturated heterocycles. The number of aryl methyl sites for hydroxylation is 1. The monoisotopic (exact) mass is 323 g/mol. The normalized spacial score (nSPS) is 11.4. The molecule has 7 heteroatoms. The van der Waals surface area contributed by atoms with Crippen molar-refractivity contribution in [3.63, 3.8) is 0 Å². The highest BCUT2D eigenvalue weighted by Gasteiger charge is 2.19. The van der Waals surface area contributed by atoms with Gasteiger partial charge in [-0.1, -0.05) is 6.42 Å². The molecule has 1 rings (SSSR count). The van der Waals surface area contributed by atoms with Gasteiger partial charge >= 0.3 is 9.28 Å². The average Bonchev–Trinajstić information content (AvgIpc) is 2.46. The van der Waals surface area contributed by atoms with E-state index in [1.807, 2.05) is 13.8 Å². The fourth-order valence-corrected chi connectivity index (χ4v) is 3.45. The summed E-state index contributed by atoms with van der Waals surface area (Å²) >= 11 is 0. The van der Waals surface area contributed by atoms with E-state index in [1.165, 1.54) is 0 Å². The maximum Gasteiger partial charge on any atom is 0.384 e. The Morgan fingerprint density at radius 2 is 1.52 bits per heavy atom. The van der Waals surface area contributed by atoms with Crippen molar-refractivity contribution in [2.24, 2.45) is 0 Å². The highest BCUT2D eigenvalue weighted by Crippen LogP contribution is 2.20. The molecule has 0 aromatic heterocycles. The molecule has 0 atom stereocenters. The zero-order valence-electron chi connectivity index (χ0n) is 12.1. The summed E-state index contributed by atoms with van der Waals surface area (Å²) in [4.78, 5) is 0. The zero-order chi connectivity index (χ0) is 15.8. The first kappa shape index (κ1) is 18.1. The van der Waals surface area contributed by atoms with Crippen molar-refractivity contribution >= 4 is 9.28 Å². The van der Waals surface area contributed by atoms with Crippen molar-refractivity contribution in [1.29, 1.82) is 0 Å². The third-order valence-electron chi connectivity index (χ3n) is 2.87. The Balaban J connectivity index is 2.49. The molecule has 1 aromatic carbocycles. The standard InChI is InChI=1S/C14H19F4O2Si/c1-3-19-21(20-4-2)8-6-5-7-10-9-11(15)13(17)14(18)12(10)16/h9H,3-8H2,1-2H3. The van der Waals surface area contributed by atoms with Gasteiger partial charge in [-0.25, -0.2) is 17.6 Å². The van der Waals surface area contributed by atoms with Crippen molar-refractivity contribution in [2.75, 3.05) is 13.2 Å². The lowest BCUT2D eigenvalue weighted by atomic mass is 10.1. The van der Waals surface area contributed by atoms with Gasteiger partial charge in [0.15, 0.2) is 23.3 Å². The van der Waals surface area contributed by atoms with Crippen LogP contribution in [0.2, 0.25) is 6.04 Å². The minimum absolute atomic E-state index is 0.145. The Hall–Kier alpha value is -0.923. The Bertz CT molecular complexity index is 451. The molecule has 0 unspecified atom stereocenters. The van der Waals surface area contributed by atoms with Crippen LogP contribution < -0.4 is 0 Å². The van der Waals surface area contributed by atoms with Gasteiger partial charge in [0.05, 0.1) is 0 Å². The molecule has 0 spiro atoms. The maximum atomic E-state index is 13.4. The van der Waals surface area contributed by atoms with E-state index in [2.05, 4.69) is 0 Å². The molecule has 0 saturated carbocycles. The van der Waals surface area contributed by atoms with E-state index in [0.29, 0.717) is 38.2 Å². The lowest BCUT2D eigenvalue weighted by Crippen LogP contribution is -2.22. The van der Waals surface area contributed by atoms with Gasteiger partial charge in [0.25, 0.3) is 0 Å². The number of hydrogen-bond acceptors (Lipinski definition) is 2. The summed E-state index contributed by atoms with van der Waals surface area (Å²) in [5.74, 6) is -6.20. The first-order valence-electron chi connectivity index (χ1n) is 6.94. The van der Waals surface area contributed by atoms with Gasteiger partial charge in [0.2, 0.25) is 0 Å². The van der Waals surface area contributed by atoms with Crippen LogP contribution in [0, 0.1) is 23.3 Å². The average molecular weight is 323 g/mol. The molecule has 0 heterocycles. The largest absolute Gasteiger partial charge is 0.394 e. The predicted octanol–water partition coefficient (Wildman–Crippen LogP) is 4.13. The van der Waals surface area contributed by atoms with Crippen LogP contribution in [0.3, 0.4) is 0 Å². The van der Waals surface area contributed by atoms with Crippen LogP contribution in [-0.4, -0.2) is 22.5 Å². The van der Waals surface area contributed by atoms with Crippen LogP contribution in [0.1, 0.15) is 32.3 Å². The van der Waals surface area contributed by atoms with E-state index < -0.39 is 32.6 Å². The lowest BCUT2D eigenvalue weighted by molar-refractivity contribution is 0.212. The summed E-state index contributed by atoms with van der Waals surface area (Å²) in [7, 11) is -1.33. The van der Waals surface area contributed by atoms with Gasteiger partial charge in [-0.15, -0.1) is 0 Å². The van der Waals surface area contributed by atoms with E-state index in [0.717, 1.165) is 0 Å². The Kier molecular flexibility index (Phi) is 7.91. The molecule has 1 radical (unpaired) electrons. The molecule has 0 fully saturated rings. The highest BCUT2D eigenvalue weighted by molar-refractivity contribution is 6.44. The van der Waals surface area contributed by atoms with E-state index in [9.17, 15) is 17.6 Å². The summed E-state index contributed by atoms with van der Waals surface area (Å²) in [6, 6.07) is 1.42. The molecular formula is C14H19F4O2Si. The Labute approximate surface area is 123 Å². The molecule has 119 valence electrons. The minimum atomic E-state index is -1.77. The number of hydrogen-bond donors (Lipinski definition) is 0. The van der Waals surface area contributed by atoms with Crippen molar-refractivity contribution in [2.45, 2.75) is 39.2 Å². The van der Waals surface area contributed by atoms with E-state index in [1.54, 1.807) is 0 Å². The van der Waals surface area contributed by atoms with Crippen LogP contribution in [0.4, 0.5) is 17.6 Å². The van der Waals surface area contributed by atoms with Gasteiger partial charge in [-0.05, 0) is 44.4 Å². The zero-order valence-corrected chi connectivity index (χ0v) is 13.1. The Morgan fingerprint density at radius 3 is 2.10 bits per heavy atom. The van der Waals surface area contributed by atoms with Crippen LogP contribution in [0.5, 0.6) is 0 Å². The van der Waals surface area contributed by atoms with Gasteiger partial charge in [-0.2, -0.15) is 0 Å². The second kappa shape index (κ2) is 9.17. The molecule has 0 aliphatic carbocycles. The lowest BCUT2D eigenvalue weighted by Gasteiger charge is -2.13. The van der Waals surface area contributed by atoms with Crippen LogP contribution in [-0.2, 0) is 15.3 Å². The summed E-state index contributed by atoms with van der Waals surface area (Å²) in [5, 5.41) is 0. The topological polar surface area (TPSA) is 18.5 Å². The molecule has 0 aliphatic rings. The van der Waals surface area contributed by atoms with Gasteiger partial charge in [0.1, 0.15) is 0 Å². The minimum Gasteiger partial charge on any atom is -0.394 e. The predicted molar refractivity (Wildman–Crippen MR) is 73.0 cm³/mol. The third kappa shape index (κ3) is 5.41. The van der Waals surface area contributed by atoms with Crippen molar-refractivity contribution < 1.29 is 26.4 Å². The molecule has 2 nitrogen and oxygen atoms in total. The quantitative estimate of drug-likeness (QED) is 0.224.